The number of amides is 1. The Morgan fingerprint density at radius 2 is 1.83 bits per heavy atom. The summed E-state index contributed by atoms with van der Waals surface area (Å²) in [5.41, 5.74) is 5.38. The predicted molar refractivity (Wildman–Crippen MR) is 164 cm³/mol. The minimum Gasteiger partial charge on any atom is -0.494 e. The number of ether oxygens (including phenoxy) is 1. The largest absolute Gasteiger partial charge is 0.494 e. The first-order valence-electron chi connectivity index (χ1n) is 13.4. The highest BCUT2D eigenvalue weighted by molar-refractivity contribution is 7.80. The molecule has 1 aliphatic rings. The van der Waals surface area contributed by atoms with E-state index in [0.717, 1.165) is 34.0 Å². The van der Waals surface area contributed by atoms with Crippen LogP contribution in [0, 0.1) is 25.1 Å². The number of benzene rings is 2. The van der Waals surface area contributed by atoms with Crippen LogP contribution in [0.15, 0.2) is 72.9 Å². The van der Waals surface area contributed by atoms with Crippen LogP contribution in [0.3, 0.4) is 0 Å². The van der Waals surface area contributed by atoms with Crippen molar-refractivity contribution in [1.82, 2.24) is 14.9 Å². The summed E-state index contributed by atoms with van der Waals surface area (Å²) >= 11 is 5.92. The van der Waals surface area contributed by atoms with Crippen LogP contribution in [0.1, 0.15) is 55.5 Å². The Morgan fingerprint density at radius 3 is 2.49 bits per heavy atom. The lowest BCUT2D eigenvalue weighted by atomic mass is 9.95. The highest BCUT2D eigenvalue weighted by Crippen LogP contribution is 2.45. The number of hydrogen-bond donors (Lipinski definition) is 2. The van der Waals surface area contributed by atoms with E-state index in [1.165, 1.54) is 12.1 Å². The van der Waals surface area contributed by atoms with E-state index in [-0.39, 0.29) is 23.8 Å². The number of nitrogens with one attached hydrogen (secondary N) is 2. The monoisotopic (exact) mass is 571 g/mol. The maximum atomic E-state index is 14.2. The molecule has 0 unspecified atom stereocenters. The number of rotatable bonds is 6. The lowest BCUT2D eigenvalue weighted by Gasteiger charge is -2.29. The summed E-state index contributed by atoms with van der Waals surface area (Å²) in [5.74, 6) is 0.118. The van der Waals surface area contributed by atoms with Gasteiger partial charge in [-0.25, -0.2) is 4.39 Å². The molecule has 2 atom stereocenters. The van der Waals surface area contributed by atoms with Crippen molar-refractivity contribution in [2.45, 2.75) is 46.7 Å². The SMILES string of the molecule is COc1cc(N2C(=S)N[C@H](c3ccccn3)[C@H]2c2cc(C)n(-c3cccc(F)c3)c2C)ccc1NC(=O)C(C)(C)C. The lowest BCUT2D eigenvalue weighted by molar-refractivity contribution is -0.123. The maximum absolute atomic E-state index is 14.2. The van der Waals surface area contributed by atoms with Gasteiger partial charge in [-0.2, -0.15) is 0 Å². The zero-order chi connectivity index (χ0) is 29.5. The lowest BCUT2D eigenvalue weighted by Crippen LogP contribution is -2.30. The molecule has 0 bridgehead atoms. The van der Waals surface area contributed by atoms with Crippen LogP contribution >= 0.6 is 12.2 Å². The van der Waals surface area contributed by atoms with Crippen LogP contribution in [0.4, 0.5) is 15.8 Å². The van der Waals surface area contributed by atoms with Crippen LogP contribution in [0.2, 0.25) is 0 Å². The van der Waals surface area contributed by atoms with Gasteiger partial charge in [-0.15, -0.1) is 0 Å². The van der Waals surface area contributed by atoms with Crippen molar-refractivity contribution in [2.75, 3.05) is 17.3 Å². The Balaban J connectivity index is 1.63. The van der Waals surface area contributed by atoms with Gasteiger partial charge in [-0.1, -0.05) is 32.9 Å². The summed E-state index contributed by atoms with van der Waals surface area (Å²) < 4.78 is 22.0. The molecule has 41 heavy (non-hydrogen) atoms. The van der Waals surface area contributed by atoms with E-state index >= 15 is 0 Å². The molecule has 0 radical (unpaired) electrons. The average Bonchev–Trinajstić information content (AvgIpc) is 3.43. The van der Waals surface area contributed by atoms with E-state index in [0.29, 0.717) is 16.5 Å². The second kappa shape index (κ2) is 11.0. The molecule has 9 heteroatoms. The van der Waals surface area contributed by atoms with E-state index < -0.39 is 5.41 Å². The second-order valence-corrected chi connectivity index (χ2v) is 11.6. The number of anilines is 2. The first-order valence-corrected chi connectivity index (χ1v) is 13.9. The highest BCUT2D eigenvalue weighted by Gasteiger charge is 2.42. The van der Waals surface area contributed by atoms with Crippen LogP contribution in [-0.4, -0.2) is 27.7 Å². The molecule has 0 spiro atoms. The van der Waals surface area contributed by atoms with Gasteiger partial charge in [0.15, 0.2) is 5.11 Å². The summed E-state index contributed by atoms with van der Waals surface area (Å²) in [6.45, 7) is 9.63. The van der Waals surface area contributed by atoms with Crippen molar-refractivity contribution in [1.29, 1.82) is 0 Å². The standard InChI is InChI=1S/C32H34FN5O2S/c1-19-16-24(20(2)37(19)22-11-9-10-21(33)17-22)29-28(26-12-7-8-15-34-26)36-31(41)38(29)23-13-14-25(27(18-23)40-6)35-30(39)32(3,4)5/h7-18,28-29H,1-6H3,(H,35,39)(H,36,41)/t28-,29-/m1/s1. The van der Waals surface area contributed by atoms with Gasteiger partial charge in [0.25, 0.3) is 0 Å². The first-order chi connectivity index (χ1) is 19.5. The normalized spacial score (nSPS) is 17.0. The summed E-state index contributed by atoms with van der Waals surface area (Å²) in [7, 11) is 1.58. The third-order valence-corrected chi connectivity index (χ3v) is 7.66. The highest BCUT2D eigenvalue weighted by atomic mass is 32.1. The zero-order valence-electron chi connectivity index (χ0n) is 24.0. The van der Waals surface area contributed by atoms with Gasteiger partial charge in [0.1, 0.15) is 11.6 Å². The molecule has 2 aromatic carbocycles. The third-order valence-electron chi connectivity index (χ3n) is 7.35. The Morgan fingerprint density at radius 1 is 1.05 bits per heavy atom. The Labute approximate surface area is 245 Å². The van der Waals surface area contributed by atoms with Gasteiger partial charge in [-0.3, -0.25) is 9.78 Å². The molecule has 4 aromatic rings. The fourth-order valence-corrected chi connectivity index (χ4v) is 5.64. The van der Waals surface area contributed by atoms with Crippen molar-refractivity contribution in [3.05, 3.63) is 101 Å². The molecule has 1 amide bonds. The topological polar surface area (TPSA) is 71.4 Å². The number of aryl methyl sites for hydroxylation is 1. The average molecular weight is 572 g/mol. The van der Waals surface area contributed by atoms with E-state index in [1.54, 1.807) is 19.4 Å². The molecule has 3 heterocycles. The number of halogens is 1. The minimum absolute atomic E-state index is 0.111. The van der Waals surface area contributed by atoms with Gasteiger partial charge in [0.05, 0.1) is 30.6 Å². The minimum atomic E-state index is -0.560. The fourth-order valence-electron chi connectivity index (χ4n) is 5.29. The summed E-state index contributed by atoms with van der Waals surface area (Å²) in [4.78, 5) is 19.4. The van der Waals surface area contributed by atoms with Crippen molar-refractivity contribution in [2.24, 2.45) is 5.41 Å². The smallest absolute Gasteiger partial charge is 0.229 e. The number of thiocarbonyl (C=S) groups is 1. The van der Waals surface area contributed by atoms with Crippen LogP contribution in [-0.2, 0) is 4.79 Å². The number of nitrogens with zero attached hydrogens (tertiary/aromatic N) is 3. The van der Waals surface area contributed by atoms with Crippen molar-refractivity contribution in [3.63, 3.8) is 0 Å². The summed E-state index contributed by atoms with van der Waals surface area (Å²) in [6.07, 6.45) is 1.77. The second-order valence-electron chi connectivity index (χ2n) is 11.2. The Bertz CT molecular complexity index is 1610. The summed E-state index contributed by atoms with van der Waals surface area (Å²) in [6, 6.07) is 19.6. The molecule has 1 fully saturated rings. The van der Waals surface area contributed by atoms with E-state index in [4.69, 9.17) is 17.0 Å². The number of aromatic nitrogens is 2. The van der Waals surface area contributed by atoms with E-state index in [1.807, 2.05) is 77.1 Å². The number of pyridine rings is 1. The van der Waals surface area contributed by atoms with Crippen molar-refractivity contribution >= 4 is 34.6 Å². The fraction of sp³-hybridized carbons (Fsp3) is 0.281. The number of carbonyl (C=O) groups excluding carboxylic acids is 1. The molecule has 212 valence electrons. The third kappa shape index (κ3) is 5.41. The molecule has 1 saturated heterocycles. The molecular weight excluding hydrogens is 537 g/mol. The van der Waals surface area contributed by atoms with Crippen LogP contribution in [0.5, 0.6) is 5.75 Å². The van der Waals surface area contributed by atoms with Gasteiger partial charge in [0, 0.05) is 40.4 Å². The summed E-state index contributed by atoms with van der Waals surface area (Å²) in [5, 5.41) is 7.00. The van der Waals surface area contributed by atoms with Gasteiger partial charge < -0.3 is 24.8 Å². The molecule has 2 aromatic heterocycles. The molecule has 7 nitrogen and oxygen atoms in total. The van der Waals surface area contributed by atoms with E-state index in [2.05, 4.69) is 31.2 Å². The van der Waals surface area contributed by atoms with Crippen LogP contribution in [0.25, 0.3) is 5.69 Å². The molecule has 0 saturated carbocycles. The van der Waals surface area contributed by atoms with E-state index in [9.17, 15) is 9.18 Å². The van der Waals surface area contributed by atoms with Crippen LogP contribution < -0.4 is 20.3 Å². The molecule has 2 N–H and O–H groups in total. The van der Waals surface area contributed by atoms with Gasteiger partial charge in [0.2, 0.25) is 5.91 Å². The molecule has 0 aliphatic carbocycles. The zero-order valence-corrected chi connectivity index (χ0v) is 24.8. The maximum Gasteiger partial charge on any atom is 0.229 e. The Kier molecular flexibility index (Phi) is 7.57. The molecule has 1 aliphatic heterocycles. The molecule has 5 rings (SSSR count). The number of methoxy groups -OCH3 is 1. The van der Waals surface area contributed by atoms with Gasteiger partial charge >= 0.3 is 0 Å². The number of hydrogen-bond acceptors (Lipinski definition) is 4. The quantitative estimate of drug-likeness (QED) is 0.248. The van der Waals surface area contributed by atoms with Crippen molar-refractivity contribution < 1.29 is 13.9 Å². The number of carbonyl (C=O) groups is 1. The van der Waals surface area contributed by atoms with Gasteiger partial charge in [-0.05, 0) is 80.2 Å². The van der Waals surface area contributed by atoms with Crippen molar-refractivity contribution in [3.8, 4) is 11.4 Å². The molecular formula is C32H34FN5O2S. The Hall–Kier alpha value is -4.24. The first kappa shape index (κ1) is 28.3. The predicted octanol–water partition coefficient (Wildman–Crippen LogP) is 6.80.